The smallest absolute Gasteiger partial charge is 0.305 e. The molecule has 26 heavy (non-hydrogen) atoms. The van der Waals surface area contributed by atoms with Gasteiger partial charge in [0.05, 0.1) is 12.7 Å². The Labute approximate surface area is 159 Å². The van der Waals surface area contributed by atoms with Crippen molar-refractivity contribution in [2.24, 2.45) is 5.92 Å². The Morgan fingerprint density at radius 1 is 0.923 bits per heavy atom. The number of unbranched alkanes of at least 4 members (excludes halogenated alkanes) is 5. The Hall–Kier alpha value is -0.910. The SMILES string of the molecule is CC(C)CCCCCCCC=CC[C@H](O)CCCC(=O)OCC(O)CO. The molecule has 0 bridgehead atoms. The summed E-state index contributed by atoms with van der Waals surface area (Å²) in [6.07, 6.45) is 13.5. The van der Waals surface area contributed by atoms with E-state index in [1.807, 2.05) is 6.08 Å². The summed E-state index contributed by atoms with van der Waals surface area (Å²) >= 11 is 0. The molecular formula is C21H40O5. The van der Waals surface area contributed by atoms with Gasteiger partial charge in [-0.1, -0.05) is 58.1 Å². The van der Waals surface area contributed by atoms with E-state index >= 15 is 0 Å². The lowest BCUT2D eigenvalue weighted by Crippen LogP contribution is -2.22. The van der Waals surface area contributed by atoms with Crippen LogP contribution in [0.4, 0.5) is 0 Å². The molecule has 0 aliphatic heterocycles. The quantitative estimate of drug-likeness (QED) is 0.206. The Morgan fingerprint density at radius 2 is 1.62 bits per heavy atom. The maximum absolute atomic E-state index is 11.4. The molecule has 0 aromatic carbocycles. The number of aliphatic hydroxyl groups excluding tert-OH is 3. The van der Waals surface area contributed by atoms with Crippen molar-refractivity contribution in [1.82, 2.24) is 0 Å². The molecule has 0 heterocycles. The fourth-order valence-electron chi connectivity index (χ4n) is 2.63. The molecule has 1 unspecified atom stereocenters. The van der Waals surface area contributed by atoms with Crippen LogP contribution in [0.5, 0.6) is 0 Å². The Balaban J connectivity index is 3.46. The molecule has 2 atom stereocenters. The first-order chi connectivity index (χ1) is 12.5. The lowest BCUT2D eigenvalue weighted by molar-refractivity contribution is -0.147. The van der Waals surface area contributed by atoms with Crippen molar-refractivity contribution in [2.45, 2.75) is 96.7 Å². The Morgan fingerprint density at radius 3 is 2.31 bits per heavy atom. The van der Waals surface area contributed by atoms with Gasteiger partial charge >= 0.3 is 5.97 Å². The zero-order valence-electron chi connectivity index (χ0n) is 16.7. The molecule has 0 fully saturated rings. The van der Waals surface area contributed by atoms with Gasteiger partial charge in [0.15, 0.2) is 0 Å². The third kappa shape index (κ3) is 17.9. The van der Waals surface area contributed by atoms with Gasteiger partial charge in [-0.05, 0) is 38.0 Å². The van der Waals surface area contributed by atoms with Crippen LogP contribution in [-0.2, 0) is 9.53 Å². The van der Waals surface area contributed by atoms with Crippen molar-refractivity contribution >= 4 is 5.97 Å². The molecular weight excluding hydrogens is 332 g/mol. The maximum Gasteiger partial charge on any atom is 0.305 e. The van der Waals surface area contributed by atoms with Crippen LogP contribution >= 0.6 is 0 Å². The molecule has 5 heteroatoms. The van der Waals surface area contributed by atoms with Crippen LogP contribution in [0.1, 0.15) is 84.5 Å². The molecule has 0 aromatic rings. The molecule has 0 rings (SSSR count). The molecule has 0 spiro atoms. The average Bonchev–Trinajstić information content (AvgIpc) is 2.60. The second kappa shape index (κ2) is 17.5. The number of allylic oxidation sites excluding steroid dienone is 1. The van der Waals surface area contributed by atoms with Crippen molar-refractivity contribution in [3.8, 4) is 0 Å². The van der Waals surface area contributed by atoms with Gasteiger partial charge in [0.1, 0.15) is 12.7 Å². The molecule has 0 saturated carbocycles. The highest BCUT2D eigenvalue weighted by molar-refractivity contribution is 5.69. The predicted octanol–water partition coefficient (Wildman–Crippen LogP) is 3.75. The van der Waals surface area contributed by atoms with Gasteiger partial charge in [-0.2, -0.15) is 0 Å². The molecule has 0 aliphatic carbocycles. The highest BCUT2D eigenvalue weighted by Gasteiger charge is 2.09. The fraction of sp³-hybridized carbons (Fsp3) is 0.857. The molecule has 0 amide bonds. The van der Waals surface area contributed by atoms with Crippen LogP contribution in [0.2, 0.25) is 0 Å². The molecule has 0 radical (unpaired) electrons. The topological polar surface area (TPSA) is 87.0 Å². The van der Waals surface area contributed by atoms with E-state index in [0.717, 1.165) is 12.3 Å². The van der Waals surface area contributed by atoms with Gasteiger partial charge in [-0.15, -0.1) is 0 Å². The normalized spacial score (nSPS) is 14.1. The maximum atomic E-state index is 11.4. The second-order valence-corrected chi connectivity index (χ2v) is 7.51. The minimum absolute atomic E-state index is 0.182. The first-order valence-corrected chi connectivity index (χ1v) is 10.2. The van der Waals surface area contributed by atoms with Gasteiger partial charge in [-0.3, -0.25) is 4.79 Å². The fourth-order valence-corrected chi connectivity index (χ4v) is 2.63. The number of rotatable bonds is 17. The second-order valence-electron chi connectivity index (χ2n) is 7.51. The third-order valence-corrected chi connectivity index (χ3v) is 4.29. The molecule has 0 aliphatic rings. The lowest BCUT2D eigenvalue weighted by Gasteiger charge is -2.10. The summed E-state index contributed by atoms with van der Waals surface area (Å²) < 4.78 is 4.80. The molecule has 0 aromatic heterocycles. The number of esters is 1. The third-order valence-electron chi connectivity index (χ3n) is 4.29. The number of carbonyl (C=O) groups excluding carboxylic acids is 1. The Kier molecular flexibility index (Phi) is 16.9. The highest BCUT2D eigenvalue weighted by atomic mass is 16.5. The van der Waals surface area contributed by atoms with Crippen molar-refractivity contribution in [3.05, 3.63) is 12.2 Å². The summed E-state index contributed by atoms with van der Waals surface area (Å²) in [6, 6.07) is 0. The van der Waals surface area contributed by atoms with Crippen molar-refractivity contribution < 1.29 is 24.9 Å². The molecule has 0 saturated heterocycles. The largest absolute Gasteiger partial charge is 0.463 e. The Bertz CT molecular complexity index is 354. The summed E-state index contributed by atoms with van der Waals surface area (Å²) in [5.41, 5.74) is 0. The number of hydrogen-bond donors (Lipinski definition) is 3. The average molecular weight is 373 g/mol. The zero-order chi connectivity index (χ0) is 19.6. The van der Waals surface area contributed by atoms with Gasteiger partial charge in [-0.25, -0.2) is 0 Å². The van der Waals surface area contributed by atoms with E-state index in [0.29, 0.717) is 19.3 Å². The minimum Gasteiger partial charge on any atom is -0.463 e. The number of carbonyl (C=O) groups is 1. The lowest BCUT2D eigenvalue weighted by atomic mass is 10.0. The van der Waals surface area contributed by atoms with Crippen LogP contribution in [0, 0.1) is 5.92 Å². The van der Waals surface area contributed by atoms with E-state index in [1.54, 1.807) is 0 Å². The van der Waals surface area contributed by atoms with E-state index in [4.69, 9.17) is 14.9 Å². The van der Waals surface area contributed by atoms with E-state index in [1.165, 1.54) is 38.5 Å². The first kappa shape index (κ1) is 25.1. The van der Waals surface area contributed by atoms with Crippen LogP contribution in [0.25, 0.3) is 0 Å². The number of ether oxygens (including phenoxy) is 1. The molecule has 154 valence electrons. The van der Waals surface area contributed by atoms with Crippen molar-refractivity contribution in [3.63, 3.8) is 0 Å². The monoisotopic (exact) mass is 372 g/mol. The van der Waals surface area contributed by atoms with Gasteiger partial charge in [0.2, 0.25) is 0 Å². The highest BCUT2D eigenvalue weighted by Crippen LogP contribution is 2.12. The summed E-state index contributed by atoms with van der Waals surface area (Å²) in [5.74, 6) is 0.405. The van der Waals surface area contributed by atoms with Gasteiger partial charge in [0, 0.05) is 6.42 Å². The van der Waals surface area contributed by atoms with Crippen LogP contribution in [0.3, 0.4) is 0 Å². The van der Waals surface area contributed by atoms with E-state index in [-0.39, 0.29) is 13.0 Å². The van der Waals surface area contributed by atoms with Crippen molar-refractivity contribution in [1.29, 1.82) is 0 Å². The first-order valence-electron chi connectivity index (χ1n) is 10.2. The molecule has 3 N–H and O–H groups in total. The summed E-state index contributed by atoms with van der Waals surface area (Å²) in [5, 5.41) is 27.6. The van der Waals surface area contributed by atoms with Crippen LogP contribution in [-0.4, -0.2) is 46.7 Å². The van der Waals surface area contributed by atoms with E-state index in [9.17, 15) is 9.90 Å². The number of aliphatic hydroxyl groups is 3. The summed E-state index contributed by atoms with van der Waals surface area (Å²) in [6.45, 7) is 3.94. The summed E-state index contributed by atoms with van der Waals surface area (Å²) in [4.78, 5) is 11.4. The van der Waals surface area contributed by atoms with Crippen molar-refractivity contribution in [2.75, 3.05) is 13.2 Å². The summed E-state index contributed by atoms with van der Waals surface area (Å²) in [7, 11) is 0. The predicted molar refractivity (Wildman–Crippen MR) is 105 cm³/mol. The molecule has 5 nitrogen and oxygen atoms in total. The van der Waals surface area contributed by atoms with Gasteiger partial charge < -0.3 is 20.1 Å². The van der Waals surface area contributed by atoms with Crippen LogP contribution in [0.15, 0.2) is 12.2 Å². The minimum atomic E-state index is -1.02. The standard InChI is InChI=1S/C21H40O5/c1-18(2)12-9-7-5-3-4-6-8-10-13-19(23)14-11-15-21(25)26-17-20(24)16-22/h8,10,18-20,22-24H,3-7,9,11-17H2,1-2H3/t19-,20?/m0/s1. The van der Waals surface area contributed by atoms with E-state index in [2.05, 4.69) is 19.9 Å². The van der Waals surface area contributed by atoms with E-state index < -0.39 is 24.8 Å². The van der Waals surface area contributed by atoms with Gasteiger partial charge in [0.25, 0.3) is 0 Å². The zero-order valence-corrected chi connectivity index (χ0v) is 16.7. The van der Waals surface area contributed by atoms with Crippen LogP contribution < -0.4 is 0 Å². The number of hydrogen-bond acceptors (Lipinski definition) is 5.